The Balaban J connectivity index is 2.36. The lowest BCUT2D eigenvalue weighted by atomic mass is 10.0. The van der Waals surface area contributed by atoms with E-state index < -0.39 is 102 Å². The second kappa shape index (κ2) is 29.7. The largest absolute Gasteiger partial charge is 0.508 e. The number of nitrogens with zero attached hydrogens (tertiary/aromatic N) is 1. The summed E-state index contributed by atoms with van der Waals surface area (Å²) in [5, 5.41) is 45.6. The number of nitrogens with two attached hydrogens (primary N) is 4. The van der Waals surface area contributed by atoms with E-state index >= 15 is 0 Å². The number of nitrogens with one attached hydrogen (secondary N) is 6. The molecule has 2 aromatic carbocycles. The molecule has 0 aliphatic heterocycles. The lowest BCUT2D eigenvalue weighted by molar-refractivity contribution is -0.150. The number of hydrogen-bond acceptors (Lipinski definition) is 14. The van der Waals surface area contributed by atoms with Crippen LogP contribution in [0.1, 0.15) is 83.8 Å². The average molecular weight is 956 g/mol. The number of carbonyl (C=O) groups is 8. The normalized spacial score (nSPS) is 14.6. The number of guanidine groups is 1. The summed E-state index contributed by atoms with van der Waals surface area (Å²) in [7, 11) is 0. The second-order valence-electron chi connectivity index (χ2n) is 16.8. The Bertz CT molecular complexity index is 2000. The van der Waals surface area contributed by atoms with Crippen LogP contribution in [0.2, 0.25) is 0 Å². The van der Waals surface area contributed by atoms with E-state index in [4.69, 9.17) is 27.7 Å². The number of primary amides is 1. The van der Waals surface area contributed by atoms with E-state index in [0.717, 1.165) is 0 Å². The maximum atomic E-state index is 14.0. The number of hydrogen-bond donors (Lipinski definition) is 13. The minimum atomic E-state index is -1.71. The number of carboxylic acids is 1. The molecule has 0 heterocycles. The standard InChI is InChI=1S/C45H69N11O12/c1-25(2)22-34(41(64)52-26(3)38(47)61)55-40(63)32(17-18-36(59)60)50-21-19-33(44(67)68-24-29-10-6-5-7-11-29)53-43(66)37(27(4)57)56-42(65)35(23-28-13-15-30(58)16-14-28)54-39(62)31(46)12-8-9-20-51-45(48)49/h5-7,10-11,13-16,25-27,31-35,37,50,57-58H,8-9,12,17-24,46H2,1-4H3,(H2,47,61)(H,52,64)(H,53,66)(H,54,62)(H,55,63)(H,56,65)(H,59,60)(H4,48,49,51)/t26-,27-,31-,32-,33-,34-,35-,37-/m1/s1. The number of aromatic hydroxyl groups is 1. The highest BCUT2D eigenvalue weighted by atomic mass is 16.5. The molecule has 23 heteroatoms. The number of esters is 1. The number of unbranched alkanes of at least 4 members (excludes halogenated alkanes) is 1. The Labute approximate surface area is 395 Å². The van der Waals surface area contributed by atoms with Gasteiger partial charge in [0, 0.05) is 19.4 Å². The van der Waals surface area contributed by atoms with Gasteiger partial charge in [0.25, 0.3) is 0 Å². The first-order chi connectivity index (χ1) is 32.1. The van der Waals surface area contributed by atoms with Crippen molar-refractivity contribution in [1.82, 2.24) is 31.9 Å². The first-order valence-corrected chi connectivity index (χ1v) is 22.3. The van der Waals surface area contributed by atoms with Crippen molar-refractivity contribution in [2.24, 2.45) is 33.8 Å². The summed E-state index contributed by atoms with van der Waals surface area (Å²) in [6.45, 7) is 6.09. The number of rotatable bonds is 31. The fourth-order valence-electron chi connectivity index (χ4n) is 6.53. The zero-order valence-corrected chi connectivity index (χ0v) is 38.9. The summed E-state index contributed by atoms with van der Waals surface area (Å²) in [6, 6.07) is 5.39. The fourth-order valence-corrected chi connectivity index (χ4v) is 6.53. The Hall–Kier alpha value is -6.85. The van der Waals surface area contributed by atoms with Crippen molar-refractivity contribution in [3.63, 3.8) is 0 Å². The van der Waals surface area contributed by atoms with E-state index in [2.05, 4.69) is 36.9 Å². The Morgan fingerprint density at radius 1 is 0.676 bits per heavy atom. The van der Waals surface area contributed by atoms with E-state index in [1.165, 1.54) is 38.1 Å². The molecule has 0 bridgehead atoms. The van der Waals surface area contributed by atoms with Gasteiger partial charge in [-0.05, 0) is 88.1 Å². The molecule has 6 amide bonds. The Morgan fingerprint density at radius 3 is 1.87 bits per heavy atom. The predicted molar refractivity (Wildman–Crippen MR) is 249 cm³/mol. The third kappa shape index (κ3) is 22.1. The minimum absolute atomic E-state index is 0.0498. The molecule has 17 N–H and O–H groups in total. The number of carboxylic acid groups (broad SMARTS) is 1. The monoisotopic (exact) mass is 956 g/mol. The molecule has 23 nitrogen and oxygen atoms in total. The molecule has 8 atom stereocenters. The van der Waals surface area contributed by atoms with Crippen LogP contribution in [0.3, 0.4) is 0 Å². The zero-order valence-electron chi connectivity index (χ0n) is 38.9. The number of amides is 6. The van der Waals surface area contributed by atoms with Gasteiger partial charge in [-0.15, -0.1) is 0 Å². The third-order valence-corrected chi connectivity index (χ3v) is 10.4. The molecule has 68 heavy (non-hydrogen) atoms. The van der Waals surface area contributed by atoms with Crippen LogP contribution < -0.4 is 54.8 Å². The molecule has 0 aromatic heterocycles. The number of carbonyl (C=O) groups excluding carboxylic acids is 7. The van der Waals surface area contributed by atoms with Crippen LogP contribution in [0, 0.1) is 5.92 Å². The summed E-state index contributed by atoms with van der Waals surface area (Å²) in [6.07, 6.45) is -1.33. The number of phenolic OH excluding ortho intramolecular Hbond substituents is 1. The number of benzene rings is 2. The number of aliphatic carboxylic acids is 1. The van der Waals surface area contributed by atoms with Crippen LogP contribution in [0.25, 0.3) is 0 Å². The van der Waals surface area contributed by atoms with Crippen molar-refractivity contribution in [3.8, 4) is 5.75 Å². The van der Waals surface area contributed by atoms with Gasteiger partial charge < -0.3 is 74.9 Å². The van der Waals surface area contributed by atoms with Gasteiger partial charge in [-0.25, -0.2) is 4.79 Å². The van der Waals surface area contributed by atoms with Crippen molar-refractivity contribution in [1.29, 1.82) is 0 Å². The molecule has 376 valence electrons. The maximum Gasteiger partial charge on any atom is 0.329 e. The first kappa shape index (κ1) is 57.3. The minimum Gasteiger partial charge on any atom is -0.508 e. The Kier molecular flexibility index (Phi) is 25.0. The highest BCUT2D eigenvalue weighted by Gasteiger charge is 2.34. The van der Waals surface area contributed by atoms with Gasteiger partial charge in [0.05, 0.1) is 18.2 Å². The van der Waals surface area contributed by atoms with Gasteiger partial charge in [0.15, 0.2) is 5.96 Å². The average Bonchev–Trinajstić information content (AvgIpc) is 3.27. The highest BCUT2D eigenvalue weighted by Crippen LogP contribution is 2.14. The molecular weight excluding hydrogens is 887 g/mol. The van der Waals surface area contributed by atoms with Crippen molar-refractivity contribution in [3.05, 3.63) is 65.7 Å². The summed E-state index contributed by atoms with van der Waals surface area (Å²) in [5.74, 6) is -7.27. The van der Waals surface area contributed by atoms with E-state index in [1.54, 1.807) is 44.2 Å². The van der Waals surface area contributed by atoms with Crippen LogP contribution in [0.4, 0.5) is 0 Å². The van der Waals surface area contributed by atoms with Crippen LogP contribution in [0.15, 0.2) is 59.6 Å². The van der Waals surface area contributed by atoms with Gasteiger partial charge in [0.2, 0.25) is 35.4 Å². The van der Waals surface area contributed by atoms with Crippen molar-refractivity contribution >= 4 is 53.3 Å². The van der Waals surface area contributed by atoms with E-state index in [1.807, 2.05) is 0 Å². The molecule has 0 spiro atoms. The zero-order chi connectivity index (χ0) is 50.9. The second-order valence-corrected chi connectivity index (χ2v) is 16.8. The maximum absolute atomic E-state index is 14.0. The number of aliphatic hydroxyl groups excluding tert-OH is 1. The van der Waals surface area contributed by atoms with Gasteiger partial charge in [-0.1, -0.05) is 56.3 Å². The number of ether oxygens (including phenoxy) is 1. The lowest BCUT2D eigenvalue weighted by Crippen LogP contribution is -2.60. The quantitative estimate of drug-likeness (QED) is 0.0169. The summed E-state index contributed by atoms with van der Waals surface area (Å²) in [5.41, 5.74) is 23.3. The van der Waals surface area contributed by atoms with E-state index in [9.17, 15) is 53.7 Å². The van der Waals surface area contributed by atoms with E-state index in [0.29, 0.717) is 30.5 Å². The van der Waals surface area contributed by atoms with Gasteiger partial charge in [0.1, 0.15) is 42.6 Å². The Morgan fingerprint density at radius 2 is 1.28 bits per heavy atom. The van der Waals surface area contributed by atoms with Crippen LogP contribution in [-0.4, -0.2) is 130 Å². The predicted octanol–water partition coefficient (Wildman–Crippen LogP) is -1.98. The van der Waals surface area contributed by atoms with Crippen LogP contribution in [0.5, 0.6) is 5.75 Å². The van der Waals surface area contributed by atoms with Crippen molar-refractivity contribution in [2.45, 2.75) is 134 Å². The van der Waals surface area contributed by atoms with Crippen molar-refractivity contribution in [2.75, 3.05) is 13.1 Å². The first-order valence-electron chi connectivity index (χ1n) is 22.3. The molecule has 0 aliphatic carbocycles. The van der Waals surface area contributed by atoms with Crippen molar-refractivity contribution < 1.29 is 58.4 Å². The van der Waals surface area contributed by atoms with Crippen LogP contribution >= 0.6 is 0 Å². The van der Waals surface area contributed by atoms with Gasteiger partial charge in [-0.3, -0.25) is 38.6 Å². The van der Waals surface area contributed by atoms with Crippen LogP contribution in [-0.2, 0) is 56.1 Å². The third-order valence-electron chi connectivity index (χ3n) is 10.4. The number of aliphatic hydroxyl groups is 1. The topological polar surface area (TPSA) is 395 Å². The summed E-state index contributed by atoms with van der Waals surface area (Å²) < 4.78 is 5.53. The molecule has 2 rings (SSSR count). The van der Waals surface area contributed by atoms with E-state index in [-0.39, 0.29) is 62.9 Å². The smallest absolute Gasteiger partial charge is 0.329 e. The molecule has 0 aliphatic rings. The molecule has 0 saturated carbocycles. The fraction of sp³-hybridized carbons (Fsp3) is 0.533. The summed E-state index contributed by atoms with van der Waals surface area (Å²) in [4.78, 5) is 109. The molecule has 0 saturated heterocycles. The SMILES string of the molecule is CC(C)C[C@@H](NC(=O)[C@@H](CCC(=O)O)NCC[C@@H](NC(=O)[C@H](NC(=O)[C@@H](Cc1ccc(O)cc1)NC(=O)[C@H](N)CCCCN=C(N)N)[C@@H](C)O)C(=O)OCc1ccccc1)C(=O)N[C@H](C)C(N)=O. The summed E-state index contributed by atoms with van der Waals surface area (Å²) >= 11 is 0. The number of phenols is 1. The molecule has 0 radical (unpaired) electrons. The molecule has 2 aromatic rings. The van der Waals surface area contributed by atoms with Gasteiger partial charge in [-0.2, -0.15) is 0 Å². The highest BCUT2D eigenvalue weighted by molar-refractivity contribution is 5.95. The molecular formula is C45H69N11O12. The lowest BCUT2D eigenvalue weighted by Gasteiger charge is -2.27. The molecule has 0 fully saturated rings. The molecule has 0 unspecified atom stereocenters. The number of aliphatic imine (C=N–C) groups is 1. The van der Waals surface area contributed by atoms with Gasteiger partial charge >= 0.3 is 11.9 Å².